The Morgan fingerprint density at radius 1 is 0.900 bits per heavy atom. The lowest BCUT2D eigenvalue weighted by atomic mass is 10.0. The Bertz CT molecular complexity index is 650. The number of rotatable bonds is 10. The molecule has 0 aromatic carbocycles. The van der Waals surface area contributed by atoms with E-state index in [-0.39, 0.29) is 17.5 Å². The van der Waals surface area contributed by atoms with Crippen molar-refractivity contribution in [2.75, 3.05) is 13.2 Å². The van der Waals surface area contributed by atoms with Gasteiger partial charge in [0.2, 0.25) is 0 Å². The Kier molecular flexibility index (Phi) is 10.2. The number of carbonyl (C=O) groups is 2. The van der Waals surface area contributed by atoms with E-state index in [9.17, 15) is 9.59 Å². The monoisotopic (exact) mass is 422 g/mol. The molecule has 6 nitrogen and oxygen atoms in total. The minimum atomic E-state index is -0.218. The Balaban J connectivity index is 0.000000300. The highest BCUT2D eigenvalue weighted by molar-refractivity contribution is 5.66. The van der Waals surface area contributed by atoms with Crippen LogP contribution in [0.15, 0.2) is 23.3 Å². The van der Waals surface area contributed by atoms with Gasteiger partial charge in [0.25, 0.3) is 0 Å². The number of esters is 2. The fraction of sp³-hybridized carbons (Fsp3) is 0.750. The summed E-state index contributed by atoms with van der Waals surface area (Å²) in [5.74, 6) is -0.417. The maximum Gasteiger partial charge on any atom is 0.302 e. The van der Waals surface area contributed by atoms with Crippen LogP contribution >= 0.6 is 0 Å². The number of ether oxygens (including phenoxy) is 2. The molecular weight excluding hydrogens is 380 g/mol. The second-order valence-corrected chi connectivity index (χ2v) is 9.55. The average Bonchev–Trinajstić information content (AvgIpc) is 3.45. The van der Waals surface area contributed by atoms with Crippen molar-refractivity contribution >= 4 is 11.9 Å². The second-order valence-electron chi connectivity index (χ2n) is 9.55. The summed E-state index contributed by atoms with van der Waals surface area (Å²) >= 11 is 0. The predicted molar refractivity (Wildman–Crippen MR) is 121 cm³/mol. The van der Waals surface area contributed by atoms with E-state index in [0.29, 0.717) is 30.8 Å². The van der Waals surface area contributed by atoms with Gasteiger partial charge in [-0.25, -0.2) is 0 Å². The fourth-order valence-electron chi connectivity index (χ4n) is 3.31. The van der Waals surface area contributed by atoms with Crippen molar-refractivity contribution in [2.24, 2.45) is 0 Å². The van der Waals surface area contributed by atoms with Gasteiger partial charge in [0.1, 0.15) is 13.2 Å². The van der Waals surface area contributed by atoms with E-state index in [2.05, 4.69) is 58.3 Å². The minimum Gasteiger partial charge on any atom is -0.464 e. The zero-order valence-electron chi connectivity index (χ0n) is 20.2. The van der Waals surface area contributed by atoms with Crippen LogP contribution in [0.1, 0.15) is 81.1 Å². The Hall–Kier alpha value is -1.66. The van der Waals surface area contributed by atoms with Crippen LogP contribution in [0.3, 0.4) is 0 Å². The molecule has 6 heteroatoms. The van der Waals surface area contributed by atoms with Gasteiger partial charge in [-0.3, -0.25) is 9.59 Å². The highest BCUT2D eigenvalue weighted by Gasteiger charge is 2.48. The van der Waals surface area contributed by atoms with Crippen molar-refractivity contribution in [1.29, 1.82) is 0 Å². The van der Waals surface area contributed by atoms with E-state index in [1.807, 2.05) is 6.08 Å². The summed E-state index contributed by atoms with van der Waals surface area (Å²) in [6, 6.07) is 0.988. The molecule has 0 radical (unpaired) electrons. The number of hydrogen-bond acceptors (Lipinski definition) is 6. The van der Waals surface area contributed by atoms with E-state index in [1.54, 1.807) is 0 Å². The quantitative estimate of drug-likeness (QED) is 0.313. The first-order valence-corrected chi connectivity index (χ1v) is 11.0. The van der Waals surface area contributed by atoms with Crippen LogP contribution in [0.4, 0.5) is 0 Å². The van der Waals surface area contributed by atoms with Crippen LogP contribution in [0.2, 0.25) is 0 Å². The van der Waals surface area contributed by atoms with Gasteiger partial charge in [-0.1, -0.05) is 17.2 Å². The number of nitrogens with one attached hydrogen (secondary N) is 2. The molecule has 30 heavy (non-hydrogen) atoms. The van der Waals surface area contributed by atoms with Crippen molar-refractivity contribution in [3.63, 3.8) is 0 Å². The Morgan fingerprint density at radius 2 is 1.50 bits per heavy atom. The molecule has 2 aliphatic rings. The van der Waals surface area contributed by atoms with Crippen molar-refractivity contribution in [2.45, 2.75) is 104 Å². The normalized spacial score (nSPS) is 26.1. The fourth-order valence-corrected chi connectivity index (χ4v) is 3.31. The summed E-state index contributed by atoms with van der Waals surface area (Å²) in [7, 11) is 0. The van der Waals surface area contributed by atoms with Crippen LogP contribution in [0, 0.1) is 0 Å². The molecule has 172 valence electrons. The lowest BCUT2D eigenvalue weighted by molar-refractivity contribution is -0.141. The van der Waals surface area contributed by atoms with Gasteiger partial charge in [-0.2, -0.15) is 0 Å². The Morgan fingerprint density at radius 3 is 2.00 bits per heavy atom. The van der Waals surface area contributed by atoms with Crippen LogP contribution < -0.4 is 10.6 Å². The average molecular weight is 423 g/mol. The van der Waals surface area contributed by atoms with Crippen molar-refractivity contribution in [3.05, 3.63) is 23.3 Å². The third-order valence-corrected chi connectivity index (χ3v) is 5.74. The largest absolute Gasteiger partial charge is 0.464 e. The molecule has 0 spiro atoms. The molecule has 2 heterocycles. The Labute approximate surface area is 182 Å². The molecule has 2 saturated heterocycles. The second kappa shape index (κ2) is 11.7. The van der Waals surface area contributed by atoms with Crippen LogP contribution in [-0.2, 0) is 19.1 Å². The van der Waals surface area contributed by atoms with Gasteiger partial charge < -0.3 is 20.1 Å². The zero-order chi connectivity index (χ0) is 22.9. The van der Waals surface area contributed by atoms with E-state index < -0.39 is 0 Å². The standard InChI is InChI=1S/2C12H21NO2/c1-9(7-8-15-10(2)14)5-6-11-12(3,4)13-11;1-9(2)6-5-7-12(4)11(13-12)8-15-10(3)14/h7,11,13H,5-6,8H2,1-4H3;6,11,13H,5,7-8H2,1-4H3/b9-7+;. The van der Waals surface area contributed by atoms with Gasteiger partial charge in [-0.15, -0.1) is 0 Å². The highest BCUT2D eigenvalue weighted by atomic mass is 16.5. The van der Waals surface area contributed by atoms with E-state index in [0.717, 1.165) is 25.7 Å². The number of hydrogen-bond donors (Lipinski definition) is 2. The molecule has 0 aromatic rings. The maximum atomic E-state index is 10.6. The zero-order valence-corrected chi connectivity index (χ0v) is 20.2. The molecular formula is C24H42N2O4. The summed E-state index contributed by atoms with van der Waals surface area (Å²) < 4.78 is 9.82. The molecule has 3 unspecified atom stereocenters. The first-order valence-electron chi connectivity index (χ1n) is 11.0. The number of allylic oxidation sites excluding steroid dienone is 3. The smallest absolute Gasteiger partial charge is 0.302 e. The molecule has 0 aromatic heterocycles. The van der Waals surface area contributed by atoms with Crippen LogP contribution in [-0.4, -0.2) is 48.3 Å². The summed E-state index contributed by atoms with van der Waals surface area (Å²) in [5.41, 5.74) is 3.15. The minimum absolute atomic E-state index is 0.168. The summed E-state index contributed by atoms with van der Waals surface area (Å²) in [4.78, 5) is 21.2. The lowest BCUT2D eigenvalue weighted by Crippen LogP contribution is -2.15. The van der Waals surface area contributed by atoms with E-state index >= 15 is 0 Å². The molecule has 2 rings (SSSR count). The van der Waals surface area contributed by atoms with Crippen LogP contribution in [0.5, 0.6) is 0 Å². The first kappa shape index (κ1) is 26.4. The van der Waals surface area contributed by atoms with E-state index in [4.69, 9.17) is 9.47 Å². The van der Waals surface area contributed by atoms with Gasteiger partial charge in [-0.05, 0) is 73.3 Å². The van der Waals surface area contributed by atoms with Gasteiger partial charge in [0.05, 0.1) is 6.04 Å². The predicted octanol–water partition coefficient (Wildman–Crippen LogP) is 4.05. The van der Waals surface area contributed by atoms with Gasteiger partial charge in [0.15, 0.2) is 0 Å². The molecule has 0 aliphatic carbocycles. The molecule has 0 saturated carbocycles. The molecule has 0 bridgehead atoms. The van der Waals surface area contributed by atoms with Gasteiger partial charge >= 0.3 is 11.9 Å². The molecule has 2 N–H and O–H groups in total. The first-order chi connectivity index (χ1) is 13.9. The highest BCUT2D eigenvalue weighted by Crippen LogP contribution is 2.31. The molecule has 2 fully saturated rings. The van der Waals surface area contributed by atoms with Crippen molar-refractivity contribution < 1.29 is 19.1 Å². The SMILES string of the molecule is CC(=O)OC/C=C(\C)CCC1NC1(C)C.CC(=O)OCC1NC1(C)CCC=C(C)C. The van der Waals surface area contributed by atoms with Gasteiger partial charge in [0, 0.05) is 31.0 Å². The number of carbonyl (C=O) groups excluding carboxylic acids is 2. The topological polar surface area (TPSA) is 96.5 Å². The molecule has 0 amide bonds. The molecule has 3 atom stereocenters. The lowest BCUT2D eigenvalue weighted by Gasteiger charge is -2.06. The van der Waals surface area contributed by atoms with Crippen LogP contribution in [0.25, 0.3) is 0 Å². The van der Waals surface area contributed by atoms with Crippen molar-refractivity contribution in [3.8, 4) is 0 Å². The summed E-state index contributed by atoms with van der Waals surface area (Å²) in [5, 5.41) is 6.79. The summed E-state index contributed by atoms with van der Waals surface area (Å²) in [6.45, 7) is 16.7. The third-order valence-electron chi connectivity index (χ3n) is 5.74. The van der Waals surface area contributed by atoms with E-state index in [1.165, 1.54) is 25.0 Å². The molecule has 2 aliphatic heterocycles. The van der Waals surface area contributed by atoms with Crippen molar-refractivity contribution in [1.82, 2.24) is 10.6 Å². The summed E-state index contributed by atoms with van der Waals surface area (Å²) in [6.07, 6.45) is 8.65. The third kappa shape index (κ3) is 10.9. The maximum absolute atomic E-state index is 10.6.